The third-order valence-electron chi connectivity index (χ3n) is 2.96. The van der Waals surface area contributed by atoms with Gasteiger partial charge in [-0.1, -0.05) is 24.4 Å². The minimum atomic E-state index is -0.737. The number of aromatic nitrogens is 1. The van der Waals surface area contributed by atoms with Crippen LogP contribution in [0.5, 0.6) is 0 Å². The zero-order chi connectivity index (χ0) is 11.6. The number of anilines is 1. The number of amides is 1. The summed E-state index contributed by atoms with van der Waals surface area (Å²) in [5.74, 6) is -0.167. The smallest absolute Gasteiger partial charge is 0.244 e. The first-order chi connectivity index (χ1) is 7.62. The number of hydrogen-bond acceptors (Lipinski definition) is 3. The van der Waals surface area contributed by atoms with E-state index in [0.717, 1.165) is 25.7 Å². The standard InChI is InChI=1S/C11H14ClN3O/c12-8-3-6-14-7-9(8)15-10(16)11(13)4-1-2-5-11/h3,6-7H,1-2,4-5,13H2,(H,15,16). The molecule has 0 unspecified atom stereocenters. The molecule has 1 saturated carbocycles. The van der Waals surface area contributed by atoms with E-state index in [0.29, 0.717) is 10.7 Å². The fourth-order valence-electron chi connectivity index (χ4n) is 1.95. The third kappa shape index (κ3) is 2.18. The van der Waals surface area contributed by atoms with Crippen molar-refractivity contribution >= 4 is 23.2 Å². The van der Waals surface area contributed by atoms with Crippen LogP contribution in [0.3, 0.4) is 0 Å². The molecule has 4 nitrogen and oxygen atoms in total. The van der Waals surface area contributed by atoms with Crippen molar-refractivity contribution in [3.05, 3.63) is 23.5 Å². The second kappa shape index (κ2) is 4.39. The number of pyridine rings is 1. The van der Waals surface area contributed by atoms with Gasteiger partial charge in [-0.3, -0.25) is 9.78 Å². The SMILES string of the molecule is NC1(C(=O)Nc2cnccc2Cl)CCCC1. The molecular weight excluding hydrogens is 226 g/mol. The van der Waals surface area contributed by atoms with Crippen LogP contribution in [0.15, 0.2) is 18.5 Å². The lowest BCUT2D eigenvalue weighted by molar-refractivity contribution is -0.121. The van der Waals surface area contributed by atoms with Crippen LogP contribution < -0.4 is 11.1 Å². The molecule has 0 aromatic carbocycles. The fourth-order valence-corrected chi connectivity index (χ4v) is 2.10. The Morgan fingerprint density at radius 3 is 2.81 bits per heavy atom. The summed E-state index contributed by atoms with van der Waals surface area (Å²) < 4.78 is 0. The molecule has 1 heterocycles. The Bertz CT molecular complexity index is 402. The highest BCUT2D eigenvalue weighted by molar-refractivity contribution is 6.33. The molecule has 0 spiro atoms. The topological polar surface area (TPSA) is 68.0 Å². The van der Waals surface area contributed by atoms with E-state index in [4.69, 9.17) is 17.3 Å². The number of carbonyl (C=O) groups excluding carboxylic acids is 1. The van der Waals surface area contributed by atoms with Gasteiger partial charge in [0.2, 0.25) is 5.91 Å². The molecule has 1 aliphatic rings. The molecule has 0 bridgehead atoms. The summed E-state index contributed by atoms with van der Waals surface area (Å²) >= 11 is 5.92. The third-order valence-corrected chi connectivity index (χ3v) is 3.29. The van der Waals surface area contributed by atoms with Gasteiger partial charge in [-0.2, -0.15) is 0 Å². The normalized spacial score (nSPS) is 18.4. The lowest BCUT2D eigenvalue weighted by Crippen LogP contribution is -2.48. The minimum absolute atomic E-state index is 0.167. The van der Waals surface area contributed by atoms with Crippen LogP contribution in [0.4, 0.5) is 5.69 Å². The zero-order valence-electron chi connectivity index (χ0n) is 8.87. The summed E-state index contributed by atoms with van der Waals surface area (Å²) in [5.41, 5.74) is 5.81. The van der Waals surface area contributed by atoms with E-state index in [1.54, 1.807) is 12.3 Å². The van der Waals surface area contributed by atoms with Crippen molar-refractivity contribution < 1.29 is 4.79 Å². The summed E-state index contributed by atoms with van der Waals surface area (Å²) in [6.07, 6.45) is 6.58. The van der Waals surface area contributed by atoms with Crippen molar-refractivity contribution in [3.63, 3.8) is 0 Å². The van der Waals surface area contributed by atoms with Crippen LogP contribution in [0, 0.1) is 0 Å². The summed E-state index contributed by atoms with van der Waals surface area (Å²) in [5, 5.41) is 3.21. The van der Waals surface area contributed by atoms with Gasteiger partial charge in [0.05, 0.1) is 22.4 Å². The Hall–Kier alpha value is -1.13. The molecule has 1 aliphatic carbocycles. The van der Waals surface area contributed by atoms with Crippen molar-refractivity contribution in [3.8, 4) is 0 Å². The maximum atomic E-state index is 12.0. The van der Waals surface area contributed by atoms with Gasteiger partial charge >= 0.3 is 0 Å². The van der Waals surface area contributed by atoms with Crippen molar-refractivity contribution in [1.29, 1.82) is 0 Å². The lowest BCUT2D eigenvalue weighted by atomic mass is 9.98. The van der Waals surface area contributed by atoms with Crippen LogP contribution in [0.25, 0.3) is 0 Å². The monoisotopic (exact) mass is 239 g/mol. The second-order valence-corrected chi connectivity index (χ2v) is 4.58. The average Bonchev–Trinajstić information content (AvgIpc) is 2.70. The second-order valence-electron chi connectivity index (χ2n) is 4.17. The Labute approximate surface area is 99.2 Å². The van der Waals surface area contributed by atoms with E-state index in [2.05, 4.69) is 10.3 Å². The number of hydrogen-bond donors (Lipinski definition) is 2. The number of nitrogens with one attached hydrogen (secondary N) is 1. The summed E-state index contributed by atoms with van der Waals surface area (Å²) in [6.45, 7) is 0. The maximum absolute atomic E-state index is 12.0. The zero-order valence-corrected chi connectivity index (χ0v) is 9.63. The van der Waals surface area contributed by atoms with Crippen LogP contribution in [0.1, 0.15) is 25.7 Å². The van der Waals surface area contributed by atoms with Crippen molar-refractivity contribution in [2.75, 3.05) is 5.32 Å². The highest BCUT2D eigenvalue weighted by Gasteiger charge is 2.37. The highest BCUT2D eigenvalue weighted by Crippen LogP contribution is 2.29. The molecule has 86 valence electrons. The Balaban J connectivity index is 2.10. The Kier molecular flexibility index (Phi) is 3.12. The largest absolute Gasteiger partial charge is 0.322 e. The summed E-state index contributed by atoms with van der Waals surface area (Å²) in [7, 11) is 0. The molecule has 1 fully saturated rings. The van der Waals surface area contributed by atoms with Gasteiger partial charge in [-0.15, -0.1) is 0 Å². The van der Waals surface area contributed by atoms with Gasteiger partial charge in [0.1, 0.15) is 0 Å². The number of nitrogens with two attached hydrogens (primary N) is 1. The molecule has 0 atom stereocenters. The number of nitrogens with zero attached hydrogens (tertiary/aromatic N) is 1. The fraction of sp³-hybridized carbons (Fsp3) is 0.455. The van der Waals surface area contributed by atoms with Crippen molar-refractivity contribution in [2.24, 2.45) is 5.73 Å². The van der Waals surface area contributed by atoms with Crippen molar-refractivity contribution in [2.45, 2.75) is 31.2 Å². The first-order valence-electron chi connectivity index (χ1n) is 5.32. The van der Waals surface area contributed by atoms with E-state index in [-0.39, 0.29) is 5.91 Å². The molecule has 0 radical (unpaired) electrons. The molecule has 2 rings (SSSR count). The quantitative estimate of drug-likeness (QED) is 0.829. The maximum Gasteiger partial charge on any atom is 0.244 e. The molecular formula is C11H14ClN3O. The van der Waals surface area contributed by atoms with Gasteiger partial charge in [0.25, 0.3) is 0 Å². The van der Waals surface area contributed by atoms with Crippen molar-refractivity contribution in [1.82, 2.24) is 4.98 Å². The molecule has 16 heavy (non-hydrogen) atoms. The predicted molar refractivity (Wildman–Crippen MR) is 63.3 cm³/mol. The summed E-state index contributed by atoms with van der Waals surface area (Å²) in [6, 6.07) is 1.63. The van der Waals surface area contributed by atoms with E-state index >= 15 is 0 Å². The van der Waals surface area contributed by atoms with Gasteiger partial charge in [0.15, 0.2) is 0 Å². The predicted octanol–water partition coefficient (Wildman–Crippen LogP) is 1.94. The minimum Gasteiger partial charge on any atom is -0.322 e. The van der Waals surface area contributed by atoms with E-state index in [9.17, 15) is 4.79 Å². The van der Waals surface area contributed by atoms with E-state index in [1.807, 2.05) is 0 Å². The molecule has 5 heteroatoms. The summed E-state index contributed by atoms with van der Waals surface area (Å²) in [4.78, 5) is 15.9. The Morgan fingerprint density at radius 1 is 1.50 bits per heavy atom. The molecule has 0 saturated heterocycles. The van der Waals surface area contributed by atoms with Gasteiger partial charge < -0.3 is 11.1 Å². The molecule has 1 aromatic heterocycles. The Morgan fingerprint density at radius 2 is 2.19 bits per heavy atom. The van der Waals surface area contributed by atoms with E-state index in [1.165, 1.54) is 6.20 Å². The van der Waals surface area contributed by atoms with Gasteiger partial charge in [0, 0.05) is 6.20 Å². The molecule has 1 amide bonds. The first kappa shape index (κ1) is 11.4. The first-order valence-corrected chi connectivity index (χ1v) is 5.69. The van der Waals surface area contributed by atoms with Crippen LogP contribution in [-0.4, -0.2) is 16.4 Å². The average molecular weight is 240 g/mol. The number of carbonyl (C=O) groups is 1. The van der Waals surface area contributed by atoms with Crippen LogP contribution >= 0.6 is 11.6 Å². The molecule has 0 aliphatic heterocycles. The highest BCUT2D eigenvalue weighted by atomic mass is 35.5. The lowest BCUT2D eigenvalue weighted by Gasteiger charge is -2.22. The molecule has 1 aromatic rings. The van der Waals surface area contributed by atoms with Gasteiger partial charge in [-0.25, -0.2) is 0 Å². The number of rotatable bonds is 2. The van der Waals surface area contributed by atoms with E-state index < -0.39 is 5.54 Å². The number of halogens is 1. The van der Waals surface area contributed by atoms with Crippen LogP contribution in [-0.2, 0) is 4.79 Å². The molecule has 3 N–H and O–H groups in total. The van der Waals surface area contributed by atoms with Crippen LogP contribution in [0.2, 0.25) is 5.02 Å². The van der Waals surface area contributed by atoms with Gasteiger partial charge in [-0.05, 0) is 18.9 Å².